The number of hydrogen-bond acceptors (Lipinski definition) is 31. The maximum absolute atomic E-state index is 11.4. The summed E-state index contributed by atoms with van der Waals surface area (Å²) in [6, 6.07) is 0. The van der Waals surface area contributed by atoms with Gasteiger partial charge in [-0.2, -0.15) is 0 Å². The van der Waals surface area contributed by atoms with Crippen LogP contribution in [-0.4, -0.2) is 326 Å². The fourth-order valence-electron chi connectivity index (χ4n) is 8.67. The summed E-state index contributed by atoms with van der Waals surface area (Å²) in [6.45, 7) is -11.8. The molecule has 31 heteroatoms. The second-order valence-electron chi connectivity index (χ2n) is 17.1. The molecular weight excluding hydrogens is 928 g/mol. The van der Waals surface area contributed by atoms with Crippen molar-refractivity contribution < 1.29 is 154 Å². The minimum atomic E-state index is -2.92. The summed E-state index contributed by atoms with van der Waals surface area (Å²) in [4.78, 5) is 0. The van der Waals surface area contributed by atoms with Crippen molar-refractivity contribution in [1.82, 2.24) is 0 Å². The second kappa shape index (κ2) is 21.5. The molecule has 6 aliphatic heterocycles. The van der Waals surface area contributed by atoms with Crippen molar-refractivity contribution in [2.75, 3.05) is 72.7 Å². The predicted octanol–water partition coefficient (Wildman–Crippen LogP) is -14.1. The average Bonchev–Trinajstić information content (AvgIpc) is 4.00. The number of rotatable bonds is 21. The Morgan fingerprint density at radius 2 is 0.612 bits per heavy atom. The Bertz CT molecular complexity index is 1590. The van der Waals surface area contributed by atoms with Gasteiger partial charge in [-0.25, -0.2) is 0 Å². The van der Waals surface area contributed by atoms with Crippen LogP contribution in [0.3, 0.4) is 0 Å². The molecule has 20 N–H and O–H groups in total. The molecule has 392 valence electrons. The van der Waals surface area contributed by atoms with Crippen molar-refractivity contribution in [2.45, 2.75) is 151 Å². The third kappa shape index (κ3) is 9.75. The van der Waals surface area contributed by atoms with E-state index in [1.807, 2.05) is 0 Å². The Labute approximate surface area is 378 Å². The van der Waals surface area contributed by atoms with Crippen LogP contribution < -0.4 is 0 Å². The molecule has 0 aromatic heterocycles. The first kappa shape index (κ1) is 55.1. The lowest BCUT2D eigenvalue weighted by Crippen LogP contribution is -2.64. The summed E-state index contributed by atoms with van der Waals surface area (Å²) in [7, 11) is 0. The third-order valence-corrected chi connectivity index (χ3v) is 12.9. The van der Waals surface area contributed by atoms with Gasteiger partial charge in [-0.3, -0.25) is 0 Å². The van der Waals surface area contributed by atoms with E-state index in [4.69, 9.17) is 52.1 Å². The van der Waals surface area contributed by atoms with Gasteiger partial charge in [0.05, 0.1) is 39.6 Å². The molecule has 6 aliphatic rings. The summed E-state index contributed by atoms with van der Waals surface area (Å²) >= 11 is 0. The molecule has 0 radical (unpaired) electrons. The van der Waals surface area contributed by atoms with Crippen molar-refractivity contribution >= 4 is 0 Å². The smallest absolute Gasteiger partial charge is 0.224 e. The fourth-order valence-corrected chi connectivity index (χ4v) is 8.67. The average molecular weight is 991 g/mol. The summed E-state index contributed by atoms with van der Waals surface area (Å²) in [5.41, 5.74) is 0. The van der Waals surface area contributed by atoms with Gasteiger partial charge in [0.15, 0.2) is 6.29 Å². The zero-order valence-corrected chi connectivity index (χ0v) is 35.3. The van der Waals surface area contributed by atoms with Crippen molar-refractivity contribution in [3.63, 3.8) is 0 Å². The van der Waals surface area contributed by atoms with Crippen molar-refractivity contribution in [3.8, 4) is 0 Å². The number of hydrogen-bond donors (Lipinski definition) is 20. The maximum Gasteiger partial charge on any atom is 0.224 e. The van der Waals surface area contributed by atoms with Crippen LogP contribution in [0.1, 0.15) is 0 Å². The number of ether oxygens (including phenoxy) is 11. The molecule has 0 unspecified atom stereocenters. The van der Waals surface area contributed by atoms with E-state index in [0.717, 1.165) is 0 Å². The zero-order valence-electron chi connectivity index (χ0n) is 35.3. The molecule has 6 fully saturated rings. The predicted molar refractivity (Wildman–Crippen MR) is 199 cm³/mol. The van der Waals surface area contributed by atoms with E-state index in [-0.39, 0.29) is 0 Å². The van der Waals surface area contributed by atoms with Crippen LogP contribution in [0.2, 0.25) is 0 Å². The third-order valence-electron chi connectivity index (χ3n) is 12.9. The van der Waals surface area contributed by atoms with E-state index in [0.29, 0.717) is 0 Å². The number of aliphatic hydroxyl groups is 20. The van der Waals surface area contributed by atoms with E-state index in [1.54, 1.807) is 0 Å². The van der Waals surface area contributed by atoms with Gasteiger partial charge in [0.1, 0.15) is 149 Å². The van der Waals surface area contributed by atoms with Gasteiger partial charge in [0.2, 0.25) is 28.9 Å². The molecule has 0 aliphatic carbocycles. The second-order valence-corrected chi connectivity index (χ2v) is 17.1. The standard InChI is InChI=1S/C36H62O31/c37-1-12-19(45)26(52)32(7-42,62-12)58-9-34(28(54)21(47)14(3-39)64-34)57-6-17-18(44)24(50)25(51)31(61-17)67-36(30(56)23(49)16(5-41)66-36)11-60-35(29(55)22(48)15(4-40)65-35)10-59-33(8-43)27(53)20(46)13(2-38)63-33/h12-31,37-56H,1-11H2/t12-,13-,14-,15-,16-,17-,18-,19-,20-,21-,22-,23-,24+,25-,26+,27+,28+,29+,30+,31-,32-,33-,34-,35-,36+/m1/s1. The van der Waals surface area contributed by atoms with Crippen LogP contribution >= 0.6 is 0 Å². The normalized spacial score (nSPS) is 52.5. The lowest BCUT2D eigenvalue weighted by atomic mass is 9.98. The molecule has 0 bridgehead atoms. The van der Waals surface area contributed by atoms with E-state index in [2.05, 4.69) is 0 Å². The summed E-state index contributed by atoms with van der Waals surface area (Å²) in [5.74, 6) is -13.4. The summed E-state index contributed by atoms with van der Waals surface area (Å²) in [6.07, 6.45) is -39.6. The summed E-state index contributed by atoms with van der Waals surface area (Å²) < 4.78 is 62.0. The van der Waals surface area contributed by atoms with Gasteiger partial charge in [0.25, 0.3) is 0 Å². The fraction of sp³-hybridized carbons (Fsp3) is 1.00. The Balaban J connectivity index is 1.26. The highest BCUT2D eigenvalue weighted by atomic mass is 16.8. The molecule has 0 aromatic carbocycles. The minimum Gasteiger partial charge on any atom is -0.394 e. The first-order chi connectivity index (χ1) is 31.6. The van der Waals surface area contributed by atoms with Gasteiger partial charge in [-0.1, -0.05) is 0 Å². The number of aliphatic hydroxyl groups excluding tert-OH is 20. The molecular formula is C36H62O31. The van der Waals surface area contributed by atoms with Crippen LogP contribution in [0, 0.1) is 0 Å². The summed E-state index contributed by atoms with van der Waals surface area (Å²) in [5, 5.41) is 211. The lowest BCUT2D eigenvalue weighted by molar-refractivity contribution is -0.408. The monoisotopic (exact) mass is 990 g/mol. The first-order valence-electron chi connectivity index (χ1n) is 21.0. The highest BCUT2D eigenvalue weighted by molar-refractivity contribution is 5.05. The van der Waals surface area contributed by atoms with Crippen molar-refractivity contribution in [3.05, 3.63) is 0 Å². The highest BCUT2D eigenvalue weighted by Gasteiger charge is 2.65. The van der Waals surface area contributed by atoms with Gasteiger partial charge >= 0.3 is 0 Å². The van der Waals surface area contributed by atoms with Crippen molar-refractivity contribution in [2.24, 2.45) is 0 Å². The van der Waals surface area contributed by atoms with E-state index in [9.17, 15) is 102 Å². The SMILES string of the molecule is OC[C@H]1O[C@@](CO)(OC[C@@]2(OC[C@H]3O[C@H](O[C@]4(CO[C@]5(CO[C@]6(CO)O[C@H](CO)[C@@H](O)[C@@H]6O)O[C@H](CO)[C@@H](O)[C@@H]5O)O[C@H](CO)[C@@H](O)[C@@H]4O)[C@H](O)[C@@H](O)[C@@H]3O)O[C@H](CO)[C@@H](O)[C@@H]2O)[C@@H](O)[C@@H]1O. The topological polar surface area (TPSA) is 506 Å². The molecule has 0 aromatic rings. The molecule has 67 heavy (non-hydrogen) atoms. The zero-order chi connectivity index (χ0) is 49.6. The van der Waals surface area contributed by atoms with Crippen LogP contribution in [0.25, 0.3) is 0 Å². The molecule has 0 amide bonds. The quantitative estimate of drug-likeness (QED) is 0.0508. The minimum absolute atomic E-state index is 0.860. The Morgan fingerprint density at radius 1 is 0.313 bits per heavy atom. The van der Waals surface area contributed by atoms with Crippen molar-refractivity contribution in [1.29, 1.82) is 0 Å². The maximum atomic E-state index is 11.4. The van der Waals surface area contributed by atoms with Crippen LogP contribution in [0.15, 0.2) is 0 Å². The molecule has 6 heterocycles. The molecule has 6 rings (SSSR count). The first-order valence-corrected chi connectivity index (χ1v) is 21.0. The van der Waals surface area contributed by atoms with Gasteiger partial charge in [-0.15, -0.1) is 0 Å². The van der Waals surface area contributed by atoms with Gasteiger partial charge in [0, 0.05) is 0 Å². The molecule has 25 atom stereocenters. The Hall–Kier alpha value is -1.24. The van der Waals surface area contributed by atoms with Crippen LogP contribution in [0.5, 0.6) is 0 Å². The molecule has 6 saturated heterocycles. The largest absolute Gasteiger partial charge is 0.394 e. The lowest BCUT2D eigenvalue weighted by Gasteiger charge is -2.45. The van der Waals surface area contributed by atoms with Gasteiger partial charge < -0.3 is 154 Å². The molecule has 0 spiro atoms. The van der Waals surface area contributed by atoms with Crippen LogP contribution in [-0.2, 0) is 52.1 Å². The van der Waals surface area contributed by atoms with E-state index >= 15 is 0 Å². The highest BCUT2D eigenvalue weighted by Crippen LogP contribution is 2.43. The van der Waals surface area contributed by atoms with E-state index in [1.165, 1.54) is 0 Å². The van der Waals surface area contributed by atoms with Gasteiger partial charge in [-0.05, 0) is 0 Å². The Kier molecular flexibility index (Phi) is 17.6. The molecule has 31 nitrogen and oxygen atoms in total. The van der Waals surface area contributed by atoms with Crippen LogP contribution in [0.4, 0.5) is 0 Å². The Morgan fingerprint density at radius 3 is 0.970 bits per heavy atom. The van der Waals surface area contributed by atoms with E-state index < -0.39 is 224 Å². The molecule has 0 saturated carbocycles.